The summed E-state index contributed by atoms with van der Waals surface area (Å²) in [7, 11) is 0. The Morgan fingerprint density at radius 2 is 1.65 bits per heavy atom. The lowest BCUT2D eigenvalue weighted by molar-refractivity contribution is 0.203. The zero-order valence-corrected chi connectivity index (χ0v) is 11.3. The van der Waals surface area contributed by atoms with Crippen molar-refractivity contribution in [2.75, 3.05) is 30.3 Å². The minimum atomic E-state index is 0. The van der Waals surface area contributed by atoms with E-state index < -0.39 is 0 Å². The van der Waals surface area contributed by atoms with Gasteiger partial charge in [0.25, 0.3) is 0 Å². The minimum absolute atomic E-state index is 0. The van der Waals surface area contributed by atoms with Crippen LogP contribution in [0.2, 0.25) is 0 Å². The molecule has 0 aromatic heterocycles. The number of nitrogens with zero attached hydrogens (tertiary/aromatic N) is 1. The Kier molecular flexibility index (Phi) is 7.35. The van der Waals surface area contributed by atoms with Gasteiger partial charge >= 0.3 is 0 Å². The van der Waals surface area contributed by atoms with E-state index in [1.54, 1.807) is 0 Å². The predicted octanol–water partition coefficient (Wildman–Crippen LogP) is 2.32. The number of piperidine rings is 1. The maximum Gasteiger partial charge on any atom is 0.0460 e. The number of nitrogen functional groups attached to an aromatic ring is 1. The molecule has 1 aromatic rings. The zero-order chi connectivity index (χ0) is 10.7. The molecule has 1 aliphatic rings. The third kappa shape index (κ3) is 4.26. The summed E-state index contributed by atoms with van der Waals surface area (Å²) in [5.41, 5.74) is 7.69. The van der Waals surface area contributed by atoms with Crippen LogP contribution >= 0.6 is 24.8 Å². The highest BCUT2D eigenvalue weighted by atomic mass is 35.5. The largest absolute Gasteiger partial charge is 0.399 e. The minimum Gasteiger partial charge on any atom is -0.399 e. The highest BCUT2D eigenvalue weighted by Crippen LogP contribution is 2.23. The average molecular weight is 279 g/mol. The van der Waals surface area contributed by atoms with Crippen LogP contribution in [0, 0.1) is 5.92 Å². The van der Waals surface area contributed by atoms with Crippen LogP contribution in [-0.2, 0) is 0 Å². The first-order valence-corrected chi connectivity index (χ1v) is 5.51. The molecule has 3 N–H and O–H groups in total. The van der Waals surface area contributed by atoms with Gasteiger partial charge < -0.3 is 15.7 Å². The second-order valence-corrected chi connectivity index (χ2v) is 4.20. The van der Waals surface area contributed by atoms with Gasteiger partial charge in [-0.3, -0.25) is 0 Å². The van der Waals surface area contributed by atoms with Crippen molar-refractivity contribution in [2.24, 2.45) is 5.92 Å². The second kappa shape index (κ2) is 7.64. The number of benzene rings is 1. The molecule has 0 atom stereocenters. The third-order valence-electron chi connectivity index (χ3n) is 3.13. The number of rotatable bonds is 2. The van der Waals surface area contributed by atoms with Crippen molar-refractivity contribution in [3.63, 3.8) is 0 Å². The molecule has 2 rings (SSSR count). The summed E-state index contributed by atoms with van der Waals surface area (Å²) in [5, 5.41) is 9.05. The van der Waals surface area contributed by atoms with Crippen LogP contribution < -0.4 is 10.6 Å². The van der Waals surface area contributed by atoms with Gasteiger partial charge in [0.2, 0.25) is 0 Å². The van der Waals surface area contributed by atoms with Gasteiger partial charge in [-0.05, 0) is 43.0 Å². The Labute approximate surface area is 115 Å². The van der Waals surface area contributed by atoms with E-state index in [9.17, 15) is 0 Å². The summed E-state index contributed by atoms with van der Waals surface area (Å²) < 4.78 is 0. The average Bonchev–Trinajstić information content (AvgIpc) is 2.30. The van der Waals surface area contributed by atoms with E-state index in [0.29, 0.717) is 12.5 Å². The highest BCUT2D eigenvalue weighted by Gasteiger charge is 2.18. The zero-order valence-electron chi connectivity index (χ0n) is 9.71. The van der Waals surface area contributed by atoms with Gasteiger partial charge in [-0.15, -0.1) is 24.8 Å². The van der Waals surface area contributed by atoms with Gasteiger partial charge in [-0.2, -0.15) is 0 Å². The van der Waals surface area contributed by atoms with Crippen molar-refractivity contribution < 1.29 is 5.11 Å². The van der Waals surface area contributed by atoms with Crippen LogP contribution in [0.15, 0.2) is 24.3 Å². The lowest BCUT2D eigenvalue weighted by Crippen LogP contribution is -2.34. The standard InChI is InChI=1S/C12H18N2O.2ClH/c13-11-1-3-12(4-2-11)14-7-5-10(9-15)6-8-14;;/h1-4,10,15H,5-9,13H2;2*1H. The summed E-state index contributed by atoms with van der Waals surface area (Å²) in [6.07, 6.45) is 2.17. The topological polar surface area (TPSA) is 49.5 Å². The Hall–Kier alpha value is -0.640. The van der Waals surface area contributed by atoms with Crippen LogP contribution in [-0.4, -0.2) is 24.8 Å². The number of hydrogen-bond donors (Lipinski definition) is 2. The number of nitrogens with two attached hydrogens (primary N) is 1. The molecular formula is C12H20Cl2N2O. The Morgan fingerprint density at radius 3 is 2.12 bits per heavy atom. The monoisotopic (exact) mass is 278 g/mol. The Balaban J connectivity index is 0.00000128. The number of anilines is 2. The summed E-state index contributed by atoms with van der Waals surface area (Å²) in [4.78, 5) is 2.35. The third-order valence-corrected chi connectivity index (χ3v) is 3.13. The maximum atomic E-state index is 9.05. The van der Waals surface area contributed by atoms with Crippen LogP contribution in [0.4, 0.5) is 11.4 Å². The number of halogens is 2. The molecule has 0 saturated carbocycles. The summed E-state index contributed by atoms with van der Waals surface area (Å²) in [6.45, 7) is 2.40. The lowest BCUT2D eigenvalue weighted by atomic mass is 9.97. The Bertz CT molecular complexity index is 311. The van der Waals surface area contributed by atoms with Crippen molar-refractivity contribution >= 4 is 36.2 Å². The molecule has 1 aromatic carbocycles. The molecule has 0 bridgehead atoms. The van der Waals surface area contributed by atoms with Crippen LogP contribution in [0.25, 0.3) is 0 Å². The molecule has 3 nitrogen and oxygen atoms in total. The molecule has 0 aliphatic carbocycles. The molecular weight excluding hydrogens is 259 g/mol. The number of hydrogen-bond acceptors (Lipinski definition) is 3. The number of aliphatic hydroxyl groups excluding tert-OH is 1. The first-order valence-electron chi connectivity index (χ1n) is 5.51. The number of aliphatic hydroxyl groups is 1. The molecule has 1 heterocycles. The van der Waals surface area contributed by atoms with E-state index >= 15 is 0 Å². The van der Waals surface area contributed by atoms with Crippen molar-refractivity contribution in [1.29, 1.82) is 0 Å². The van der Waals surface area contributed by atoms with E-state index in [4.69, 9.17) is 10.8 Å². The fraction of sp³-hybridized carbons (Fsp3) is 0.500. The molecule has 5 heteroatoms. The van der Waals surface area contributed by atoms with E-state index in [2.05, 4.69) is 17.0 Å². The van der Waals surface area contributed by atoms with E-state index in [1.165, 1.54) is 5.69 Å². The van der Waals surface area contributed by atoms with Crippen molar-refractivity contribution in [3.05, 3.63) is 24.3 Å². The molecule has 1 fully saturated rings. The molecule has 0 spiro atoms. The van der Waals surface area contributed by atoms with E-state index in [1.807, 2.05) is 12.1 Å². The van der Waals surface area contributed by atoms with Crippen LogP contribution in [0.5, 0.6) is 0 Å². The molecule has 0 unspecified atom stereocenters. The van der Waals surface area contributed by atoms with Gasteiger partial charge in [-0.1, -0.05) is 0 Å². The first-order chi connectivity index (χ1) is 7.29. The van der Waals surface area contributed by atoms with Gasteiger partial charge in [0.1, 0.15) is 0 Å². The van der Waals surface area contributed by atoms with Gasteiger partial charge in [0.15, 0.2) is 0 Å². The summed E-state index contributed by atoms with van der Waals surface area (Å²) in [5.74, 6) is 0.495. The van der Waals surface area contributed by atoms with Gasteiger partial charge in [0.05, 0.1) is 0 Å². The normalized spacial score (nSPS) is 15.9. The molecule has 98 valence electrons. The van der Waals surface area contributed by atoms with Crippen LogP contribution in [0.1, 0.15) is 12.8 Å². The molecule has 0 amide bonds. The first kappa shape index (κ1) is 16.4. The SMILES string of the molecule is Cl.Cl.Nc1ccc(N2CCC(CO)CC2)cc1. The maximum absolute atomic E-state index is 9.05. The molecule has 1 aliphatic heterocycles. The predicted molar refractivity (Wildman–Crippen MR) is 77.4 cm³/mol. The van der Waals surface area contributed by atoms with Crippen molar-refractivity contribution in [3.8, 4) is 0 Å². The van der Waals surface area contributed by atoms with Gasteiger partial charge in [-0.25, -0.2) is 0 Å². The molecule has 1 saturated heterocycles. The second-order valence-electron chi connectivity index (χ2n) is 4.20. The quantitative estimate of drug-likeness (QED) is 0.817. The highest BCUT2D eigenvalue weighted by molar-refractivity contribution is 5.85. The van der Waals surface area contributed by atoms with E-state index in [-0.39, 0.29) is 24.8 Å². The van der Waals surface area contributed by atoms with Crippen molar-refractivity contribution in [2.45, 2.75) is 12.8 Å². The Morgan fingerprint density at radius 1 is 1.12 bits per heavy atom. The summed E-state index contributed by atoms with van der Waals surface area (Å²) >= 11 is 0. The lowest BCUT2D eigenvalue weighted by Gasteiger charge is -2.32. The fourth-order valence-corrected chi connectivity index (χ4v) is 2.06. The molecule has 17 heavy (non-hydrogen) atoms. The van der Waals surface area contributed by atoms with Crippen LogP contribution in [0.3, 0.4) is 0 Å². The molecule has 0 radical (unpaired) electrons. The fourth-order valence-electron chi connectivity index (χ4n) is 2.06. The van der Waals surface area contributed by atoms with E-state index in [0.717, 1.165) is 31.6 Å². The van der Waals surface area contributed by atoms with Gasteiger partial charge in [0, 0.05) is 31.1 Å². The summed E-state index contributed by atoms with van der Waals surface area (Å²) in [6, 6.07) is 8.00. The van der Waals surface area contributed by atoms with Crippen molar-refractivity contribution in [1.82, 2.24) is 0 Å². The smallest absolute Gasteiger partial charge is 0.0460 e.